The topological polar surface area (TPSA) is 121 Å². The number of carbonyl (C=O) groups is 2. The summed E-state index contributed by atoms with van der Waals surface area (Å²) >= 11 is 0. The highest BCUT2D eigenvalue weighted by Gasteiger charge is 2.19. The van der Waals surface area contributed by atoms with Crippen molar-refractivity contribution in [3.63, 3.8) is 0 Å². The molecule has 1 atom stereocenters. The number of carboxylic acids is 2. The second-order valence-corrected chi connectivity index (χ2v) is 2.75. The molecule has 16 heavy (non-hydrogen) atoms. The second kappa shape index (κ2) is 7.00. The van der Waals surface area contributed by atoms with Gasteiger partial charge in [-0.25, -0.2) is 14.4 Å². The molecule has 7 heteroatoms. The average Bonchev–Trinajstić information content (AvgIpc) is 2.21. The van der Waals surface area contributed by atoms with Crippen LogP contribution in [0, 0.1) is 0 Å². The Morgan fingerprint density at radius 3 is 2.31 bits per heavy atom. The highest BCUT2D eigenvalue weighted by molar-refractivity contribution is 5.76. The molecular weight excluding hydrogens is 218 g/mol. The molecule has 0 aromatic rings. The molecule has 7 nitrogen and oxygen atoms in total. The van der Waals surface area contributed by atoms with Gasteiger partial charge in [0.1, 0.15) is 17.7 Å². The zero-order chi connectivity index (χ0) is 12.6. The van der Waals surface area contributed by atoms with Gasteiger partial charge in [-0.15, -0.1) is 0 Å². The fourth-order valence-electron chi connectivity index (χ4n) is 0.872. The van der Waals surface area contributed by atoms with E-state index in [9.17, 15) is 19.2 Å². The fraction of sp³-hybridized carbons (Fsp3) is 0.333. The number of allylic oxidation sites excluding steroid dienone is 1. The first-order valence-electron chi connectivity index (χ1n) is 4.18. The van der Waals surface area contributed by atoms with E-state index in [-0.39, 0.29) is 18.5 Å². The minimum absolute atomic E-state index is 0.220. The Kier molecular flexibility index (Phi) is 5.97. The lowest BCUT2D eigenvalue weighted by molar-refractivity contribution is -0.140. The monoisotopic (exact) mass is 227 g/mol. The fourth-order valence-corrected chi connectivity index (χ4v) is 0.872. The Labute approximate surface area is 90.1 Å². The third kappa shape index (κ3) is 5.39. The Morgan fingerprint density at radius 2 is 1.94 bits per heavy atom. The summed E-state index contributed by atoms with van der Waals surface area (Å²) in [6.45, 7) is 0. The van der Waals surface area contributed by atoms with Gasteiger partial charge in [-0.3, -0.25) is 4.79 Å². The lowest BCUT2D eigenvalue weighted by atomic mass is 10.1. The first kappa shape index (κ1) is 13.6. The summed E-state index contributed by atoms with van der Waals surface area (Å²) in [5.41, 5.74) is -0.382. The Hall–Kier alpha value is -2.36. The van der Waals surface area contributed by atoms with Gasteiger partial charge in [-0.1, -0.05) is 0 Å². The largest absolute Gasteiger partial charge is 0.481 e. The van der Waals surface area contributed by atoms with Gasteiger partial charge in [-0.2, -0.15) is 0 Å². The van der Waals surface area contributed by atoms with Crippen molar-refractivity contribution in [2.24, 2.45) is 0 Å². The summed E-state index contributed by atoms with van der Waals surface area (Å²) in [5.74, 6) is 0.102. The van der Waals surface area contributed by atoms with Crippen LogP contribution in [-0.4, -0.2) is 40.1 Å². The first-order valence-corrected chi connectivity index (χ1v) is 4.18. The van der Waals surface area contributed by atoms with Crippen LogP contribution in [0.3, 0.4) is 0 Å². The van der Waals surface area contributed by atoms with E-state index in [2.05, 4.69) is 5.32 Å². The molecule has 86 valence electrons. The van der Waals surface area contributed by atoms with Crippen LogP contribution >= 0.6 is 0 Å². The van der Waals surface area contributed by atoms with Crippen LogP contribution in [0.1, 0.15) is 12.8 Å². The Bertz CT molecular complexity index is 375. The molecule has 0 fully saturated rings. The third-order valence-corrected chi connectivity index (χ3v) is 1.59. The summed E-state index contributed by atoms with van der Waals surface area (Å²) in [6.07, 6.45) is 0.0904. The minimum Gasteiger partial charge on any atom is -0.481 e. The molecule has 3 N–H and O–H groups in total. The van der Waals surface area contributed by atoms with E-state index in [0.29, 0.717) is 6.08 Å². The first-order chi connectivity index (χ1) is 7.51. The van der Waals surface area contributed by atoms with Crippen molar-refractivity contribution in [3.8, 4) is 0 Å². The van der Waals surface area contributed by atoms with Crippen molar-refractivity contribution in [2.45, 2.75) is 18.9 Å². The Morgan fingerprint density at radius 1 is 1.31 bits per heavy atom. The molecule has 0 aliphatic heterocycles. The van der Waals surface area contributed by atoms with Gasteiger partial charge in [0.25, 0.3) is 0 Å². The normalized spacial score (nSPS) is 10.5. The highest BCUT2D eigenvalue weighted by Crippen LogP contribution is 2.00. The maximum absolute atomic E-state index is 10.7. The average molecular weight is 227 g/mol. The van der Waals surface area contributed by atoms with Crippen LogP contribution in [0.4, 0.5) is 0 Å². The van der Waals surface area contributed by atoms with Gasteiger partial charge in [0.05, 0.1) is 6.08 Å². The highest BCUT2D eigenvalue weighted by atomic mass is 16.4. The van der Waals surface area contributed by atoms with Crippen LogP contribution in [-0.2, 0) is 19.2 Å². The van der Waals surface area contributed by atoms with Crippen molar-refractivity contribution in [3.05, 3.63) is 11.8 Å². The number of aliphatic carboxylic acids is 2. The zero-order valence-corrected chi connectivity index (χ0v) is 8.10. The van der Waals surface area contributed by atoms with Gasteiger partial charge in [-0.05, 0) is 6.42 Å². The summed E-state index contributed by atoms with van der Waals surface area (Å²) in [6, 6.07) is -1.27. The molecule has 0 rings (SSSR count). The lowest BCUT2D eigenvalue weighted by Gasteiger charge is -2.12. The van der Waals surface area contributed by atoms with Gasteiger partial charge in [0, 0.05) is 6.42 Å². The predicted molar refractivity (Wildman–Crippen MR) is 50.9 cm³/mol. The lowest BCUT2D eigenvalue weighted by Crippen LogP contribution is -2.36. The summed E-state index contributed by atoms with van der Waals surface area (Å²) in [7, 11) is 0. The van der Waals surface area contributed by atoms with Crippen molar-refractivity contribution >= 4 is 23.8 Å². The van der Waals surface area contributed by atoms with Crippen molar-refractivity contribution in [1.82, 2.24) is 5.32 Å². The zero-order valence-electron chi connectivity index (χ0n) is 8.10. The van der Waals surface area contributed by atoms with E-state index in [1.807, 2.05) is 0 Å². The number of carbonyl (C=O) groups excluding carboxylic acids is 2. The molecule has 0 radical (unpaired) electrons. The summed E-state index contributed by atoms with van der Waals surface area (Å²) in [4.78, 5) is 41.1. The molecule has 0 saturated heterocycles. The van der Waals surface area contributed by atoms with Crippen molar-refractivity contribution in [2.75, 3.05) is 0 Å². The number of nitrogens with one attached hydrogen (secondary N) is 1. The smallest absolute Gasteiger partial charge is 0.326 e. The van der Waals surface area contributed by atoms with Crippen LogP contribution in [0.2, 0.25) is 0 Å². The molecule has 0 aromatic carbocycles. The van der Waals surface area contributed by atoms with E-state index < -0.39 is 18.0 Å². The van der Waals surface area contributed by atoms with Crippen molar-refractivity contribution < 1.29 is 29.4 Å². The van der Waals surface area contributed by atoms with E-state index in [1.165, 1.54) is 11.9 Å². The molecule has 0 spiro atoms. The van der Waals surface area contributed by atoms with Gasteiger partial charge in [0.2, 0.25) is 0 Å². The predicted octanol–water partition coefficient (Wildman–Crippen LogP) is -1.00. The summed E-state index contributed by atoms with van der Waals surface area (Å²) < 4.78 is 0. The second-order valence-electron chi connectivity index (χ2n) is 2.75. The Balaban J connectivity index is 4.55. The molecular formula is C9H9NO6. The van der Waals surface area contributed by atoms with Crippen LogP contribution in [0.15, 0.2) is 11.8 Å². The standard InChI is InChI=1S/C9H9NO6/c11-4-3-6(5-12)10-7(9(15)16)1-2-8(13)14/h3,7,10H,1-2H2,(H,13,14)(H,15,16)/t7-/m0/s1. The van der Waals surface area contributed by atoms with Crippen molar-refractivity contribution in [1.29, 1.82) is 0 Å². The molecule has 0 saturated carbocycles. The van der Waals surface area contributed by atoms with Crippen LogP contribution in [0.5, 0.6) is 0 Å². The third-order valence-electron chi connectivity index (χ3n) is 1.59. The van der Waals surface area contributed by atoms with Gasteiger partial charge >= 0.3 is 11.9 Å². The quantitative estimate of drug-likeness (QED) is 0.376. The molecule has 0 amide bonds. The molecule has 0 unspecified atom stereocenters. The molecule has 0 aliphatic carbocycles. The number of carboxylic acid groups (broad SMARTS) is 2. The number of rotatable bonds is 7. The van der Waals surface area contributed by atoms with Gasteiger partial charge in [0.15, 0.2) is 5.94 Å². The number of hydrogen-bond donors (Lipinski definition) is 3. The minimum atomic E-state index is -1.33. The molecule has 0 heterocycles. The maximum atomic E-state index is 10.7. The molecule has 0 aliphatic rings. The SMILES string of the molecule is O=C=CC(=C=O)N[C@@H](CCC(=O)O)C(=O)O. The maximum Gasteiger partial charge on any atom is 0.326 e. The molecule has 0 bridgehead atoms. The van der Waals surface area contributed by atoms with Crippen LogP contribution in [0.25, 0.3) is 0 Å². The van der Waals surface area contributed by atoms with Crippen LogP contribution < -0.4 is 5.32 Å². The number of hydrogen-bond acceptors (Lipinski definition) is 5. The van der Waals surface area contributed by atoms with E-state index in [0.717, 1.165) is 0 Å². The van der Waals surface area contributed by atoms with E-state index in [1.54, 1.807) is 0 Å². The van der Waals surface area contributed by atoms with E-state index >= 15 is 0 Å². The molecule has 0 aromatic heterocycles. The van der Waals surface area contributed by atoms with Gasteiger partial charge < -0.3 is 15.5 Å². The summed E-state index contributed by atoms with van der Waals surface area (Å²) in [5, 5.41) is 19.2. The van der Waals surface area contributed by atoms with E-state index in [4.69, 9.17) is 10.2 Å².